The van der Waals surface area contributed by atoms with E-state index in [0.29, 0.717) is 0 Å². The van der Waals surface area contributed by atoms with Gasteiger partial charge in [0.25, 0.3) is 11.4 Å². The minimum absolute atomic E-state index is 0.0489. The number of methoxy groups -OCH3 is 2. The summed E-state index contributed by atoms with van der Waals surface area (Å²) < 4.78 is 15.9. The van der Waals surface area contributed by atoms with Crippen molar-refractivity contribution in [3.63, 3.8) is 0 Å². The summed E-state index contributed by atoms with van der Waals surface area (Å²) in [5, 5.41) is 32.2. The first-order valence-electron chi connectivity index (χ1n) is 5.99. The third-order valence-electron chi connectivity index (χ3n) is 3.14. The van der Waals surface area contributed by atoms with E-state index in [1.54, 1.807) is 0 Å². The third-order valence-corrected chi connectivity index (χ3v) is 3.48. The van der Waals surface area contributed by atoms with Crippen LogP contribution in [0.25, 0.3) is 0 Å². The van der Waals surface area contributed by atoms with Gasteiger partial charge in [0.2, 0.25) is 5.75 Å². The van der Waals surface area contributed by atoms with Gasteiger partial charge in [0.1, 0.15) is 18.3 Å². The SMILES string of the molecule is COc1nn([C@@H]2O[C@H](CO)[C@@H](O)[C@H]2O)c(=O)c(Cl)c1OC. The summed E-state index contributed by atoms with van der Waals surface area (Å²) in [4.78, 5) is 12.1. The molecule has 2 rings (SSSR count). The van der Waals surface area contributed by atoms with Crippen molar-refractivity contribution in [2.75, 3.05) is 20.8 Å². The summed E-state index contributed by atoms with van der Waals surface area (Å²) in [5.74, 6) is -0.132. The number of nitrogens with zero attached hydrogens (tertiary/aromatic N) is 2. The van der Waals surface area contributed by atoms with Crippen LogP contribution in [0.5, 0.6) is 11.6 Å². The minimum Gasteiger partial charge on any atom is -0.490 e. The van der Waals surface area contributed by atoms with Gasteiger partial charge < -0.3 is 29.5 Å². The molecule has 2 heterocycles. The Hall–Kier alpha value is -1.39. The molecule has 0 bridgehead atoms. The molecular weight excluding hydrogens is 308 g/mol. The van der Waals surface area contributed by atoms with Crippen LogP contribution in [0.15, 0.2) is 4.79 Å². The number of aromatic nitrogens is 2. The van der Waals surface area contributed by atoms with Crippen molar-refractivity contribution in [2.24, 2.45) is 0 Å². The molecule has 1 aromatic heterocycles. The lowest BCUT2D eigenvalue weighted by Gasteiger charge is -2.18. The highest BCUT2D eigenvalue weighted by Crippen LogP contribution is 2.33. The molecule has 0 saturated carbocycles. The summed E-state index contributed by atoms with van der Waals surface area (Å²) in [6.07, 6.45) is -5.16. The molecule has 0 aromatic carbocycles. The van der Waals surface area contributed by atoms with E-state index in [2.05, 4.69) is 5.10 Å². The Balaban J connectivity index is 2.50. The maximum absolute atomic E-state index is 12.1. The quantitative estimate of drug-likeness (QED) is 0.613. The van der Waals surface area contributed by atoms with Gasteiger partial charge in [0, 0.05) is 0 Å². The zero-order chi connectivity index (χ0) is 15.7. The Labute approximate surface area is 124 Å². The van der Waals surface area contributed by atoms with Crippen LogP contribution in [-0.4, -0.2) is 64.2 Å². The molecule has 1 aromatic rings. The first-order valence-corrected chi connectivity index (χ1v) is 6.36. The summed E-state index contributed by atoms with van der Waals surface area (Å²) in [7, 11) is 2.59. The zero-order valence-corrected chi connectivity index (χ0v) is 12.0. The molecule has 10 heteroatoms. The van der Waals surface area contributed by atoms with Crippen LogP contribution in [0.4, 0.5) is 0 Å². The van der Waals surface area contributed by atoms with Crippen LogP contribution < -0.4 is 15.0 Å². The maximum atomic E-state index is 12.1. The number of aliphatic hydroxyl groups is 3. The lowest BCUT2D eigenvalue weighted by Crippen LogP contribution is -2.36. The molecule has 1 aliphatic heterocycles. The highest BCUT2D eigenvalue weighted by atomic mass is 35.5. The predicted octanol–water partition coefficient (Wildman–Crippen LogP) is -1.47. The highest BCUT2D eigenvalue weighted by Gasteiger charge is 2.45. The zero-order valence-electron chi connectivity index (χ0n) is 11.3. The van der Waals surface area contributed by atoms with Crippen molar-refractivity contribution in [2.45, 2.75) is 24.5 Å². The second-order valence-electron chi connectivity index (χ2n) is 4.34. The van der Waals surface area contributed by atoms with Crippen molar-refractivity contribution in [3.05, 3.63) is 15.4 Å². The van der Waals surface area contributed by atoms with Gasteiger partial charge in [-0.05, 0) is 0 Å². The summed E-state index contributed by atoms with van der Waals surface area (Å²) in [6, 6.07) is 0. The first kappa shape index (κ1) is 16.0. The number of ether oxygens (including phenoxy) is 3. The number of hydrogen-bond donors (Lipinski definition) is 3. The van der Waals surface area contributed by atoms with Gasteiger partial charge in [0.15, 0.2) is 11.3 Å². The topological polar surface area (TPSA) is 123 Å². The van der Waals surface area contributed by atoms with Crippen LogP contribution in [-0.2, 0) is 4.74 Å². The lowest BCUT2D eigenvalue weighted by molar-refractivity contribution is -0.0616. The summed E-state index contributed by atoms with van der Waals surface area (Å²) >= 11 is 5.89. The fraction of sp³-hybridized carbons (Fsp3) is 0.636. The molecule has 1 fully saturated rings. The van der Waals surface area contributed by atoms with E-state index in [1.165, 1.54) is 14.2 Å². The van der Waals surface area contributed by atoms with Gasteiger partial charge in [-0.3, -0.25) is 4.79 Å². The molecule has 1 saturated heterocycles. The monoisotopic (exact) mass is 322 g/mol. The van der Waals surface area contributed by atoms with Gasteiger partial charge in [-0.2, -0.15) is 4.68 Å². The molecule has 0 aliphatic carbocycles. The standard InChI is InChI=1S/C11H15ClN2O7/c1-19-8-5(12)10(18)14(13-9(8)20-2)11-7(17)6(16)4(3-15)21-11/h4,6-7,11,15-17H,3H2,1-2H3/t4-,6-,7-,11-/m1/s1. The molecule has 1 aliphatic rings. The Bertz CT molecular complexity index is 578. The van der Waals surface area contributed by atoms with Gasteiger partial charge >= 0.3 is 0 Å². The van der Waals surface area contributed by atoms with E-state index >= 15 is 0 Å². The molecular formula is C11H15ClN2O7. The van der Waals surface area contributed by atoms with Gasteiger partial charge in [0.05, 0.1) is 20.8 Å². The van der Waals surface area contributed by atoms with E-state index in [1.807, 2.05) is 0 Å². The van der Waals surface area contributed by atoms with Crippen LogP contribution in [0.2, 0.25) is 5.02 Å². The Morgan fingerprint density at radius 3 is 2.48 bits per heavy atom. The van der Waals surface area contributed by atoms with Crippen molar-refractivity contribution in [1.82, 2.24) is 9.78 Å². The molecule has 4 atom stereocenters. The van der Waals surface area contributed by atoms with Gasteiger partial charge in [-0.25, -0.2) is 0 Å². The molecule has 0 unspecified atom stereocenters. The van der Waals surface area contributed by atoms with Crippen LogP contribution in [0, 0.1) is 0 Å². The molecule has 3 N–H and O–H groups in total. The van der Waals surface area contributed by atoms with Crippen LogP contribution in [0.1, 0.15) is 6.23 Å². The number of aliphatic hydroxyl groups excluding tert-OH is 3. The Morgan fingerprint density at radius 2 is 2.00 bits per heavy atom. The smallest absolute Gasteiger partial charge is 0.292 e. The third kappa shape index (κ3) is 2.58. The fourth-order valence-corrected chi connectivity index (χ4v) is 2.29. The van der Waals surface area contributed by atoms with E-state index in [4.69, 9.17) is 30.9 Å². The normalized spacial score (nSPS) is 28.7. The van der Waals surface area contributed by atoms with E-state index in [-0.39, 0.29) is 16.7 Å². The van der Waals surface area contributed by atoms with Gasteiger partial charge in [-0.1, -0.05) is 11.6 Å². The predicted molar refractivity (Wildman–Crippen MR) is 69.6 cm³/mol. The average Bonchev–Trinajstić information content (AvgIpc) is 2.77. The molecule has 9 nitrogen and oxygen atoms in total. The molecule has 21 heavy (non-hydrogen) atoms. The minimum atomic E-state index is -1.46. The largest absolute Gasteiger partial charge is 0.490 e. The molecule has 118 valence electrons. The molecule has 0 radical (unpaired) electrons. The first-order chi connectivity index (χ1) is 9.96. The second-order valence-corrected chi connectivity index (χ2v) is 4.71. The van der Waals surface area contributed by atoms with E-state index in [9.17, 15) is 15.0 Å². The van der Waals surface area contributed by atoms with Crippen LogP contribution in [0.3, 0.4) is 0 Å². The average molecular weight is 323 g/mol. The fourth-order valence-electron chi connectivity index (χ4n) is 2.05. The number of halogens is 1. The van der Waals surface area contributed by atoms with Crippen molar-refractivity contribution >= 4 is 11.6 Å². The Morgan fingerprint density at radius 1 is 1.33 bits per heavy atom. The van der Waals surface area contributed by atoms with Gasteiger partial charge in [-0.15, -0.1) is 5.10 Å². The molecule has 0 amide bonds. The van der Waals surface area contributed by atoms with Crippen molar-refractivity contribution in [1.29, 1.82) is 0 Å². The molecule has 0 spiro atoms. The highest BCUT2D eigenvalue weighted by molar-refractivity contribution is 6.32. The summed E-state index contributed by atoms with van der Waals surface area (Å²) in [5.41, 5.74) is -0.788. The number of rotatable bonds is 4. The van der Waals surface area contributed by atoms with Crippen molar-refractivity contribution in [3.8, 4) is 11.6 Å². The van der Waals surface area contributed by atoms with Crippen LogP contribution >= 0.6 is 11.6 Å². The number of hydrogen-bond acceptors (Lipinski definition) is 8. The summed E-state index contributed by atoms with van der Waals surface area (Å²) in [6.45, 7) is -0.523. The second kappa shape index (κ2) is 6.16. The lowest BCUT2D eigenvalue weighted by atomic mass is 10.1. The van der Waals surface area contributed by atoms with E-state index < -0.39 is 36.7 Å². The van der Waals surface area contributed by atoms with E-state index in [0.717, 1.165) is 4.68 Å². The maximum Gasteiger partial charge on any atom is 0.292 e. The Kier molecular flexibility index (Phi) is 4.69. The van der Waals surface area contributed by atoms with Crippen molar-refractivity contribution < 1.29 is 29.5 Å².